The van der Waals surface area contributed by atoms with Gasteiger partial charge >= 0.3 is 0 Å². The number of halogens is 1. The first-order valence-electron chi connectivity index (χ1n) is 5.22. The van der Waals surface area contributed by atoms with Gasteiger partial charge in [-0.05, 0) is 6.07 Å². The van der Waals surface area contributed by atoms with Gasteiger partial charge in [-0.2, -0.15) is 0 Å². The number of aliphatic hydroxyl groups is 1. The van der Waals surface area contributed by atoms with E-state index in [1.165, 1.54) is 6.20 Å². The molecule has 5 nitrogen and oxygen atoms in total. The Bertz CT molecular complexity index is 504. The van der Waals surface area contributed by atoms with Crippen LogP contribution in [0.3, 0.4) is 0 Å². The highest BCUT2D eigenvalue weighted by Gasteiger charge is 2.22. The Balaban J connectivity index is 2.19. The standard InChI is InChI=1S/C10H13ClN2O3S/c11-9-6-12-10(5-8(9)7-14)13-1-3-17(15,16)4-2-13/h5-6,14H,1-4,7H2. The number of hydrogen-bond acceptors (Lipinski definition) is 5. The lowest BCUT2D eigenvalue weighted by Crippen LogP contribution is -2.40. The van der Waals surface area contributed by atoms with E-state index in [0.717, 1.165) is 0 Å². The Labute approximate surface area is 105 Å². The van der Waals surface area contributed by atoms with E-state index in [1.807, 2.05) is 4.90 Å². The van der Waals surface area contributed by atoms with Crippen LogP contribution >= 0.6 is 11.6 Å². The molecule has 0 amide bonds. The molecule has 2 rings (SSSR count). The predicted molar refractivity (Wildman–Crippen MR) is 66.0 cm³/mol. The van der Waals surface area contributed by atoms with Crippen molar-refractivity contribution in [3.05, 3.63) is 22.8 Å². The quantitative estimate of drug-likeness (QED) is 0.850. The summed E-state index contributed by atoms with van der Waals surface area (Å²) in [5, 5.41) is 9.52. The fraction of sp³-hybridized carbons (Fsp3) is 0.500. The number of anilines is 1. The van der Waals surface area contributed by atoms with Gasteiger partial charge in [0.2, 0.25) is 0 Å². The van der Waals surface area contributed by atoms with Crippen molar-refractivity contribution in [1.29, 1.82) is 0 Å². The third-order valence-corrected chi connectivity index (χ3v) is 4.71. The molecule has 0 atom stereocenters. The second-order valence-electron chi connectivity index (χ2n) is 3.93. The van der Waals surface area contributed by atoms with Gasteiger partial charge in [0, 0.05) is 24.8 Å². The highest BCUT2D eigenvalue weighted by atomic mass is 35.5. The zero-order valence-corrected chi connectivity index (χ0v) is 10.7. The third kappa shape index (κ3) is 2.88. The summed E-state index contributed by atoms with van der Waals surface area (Å²) in [6.45, 7) is 0.712. The Kier molecular flexibility index (Phi) is 3.56. The van der Waals surface area contributed by atoms with E-state index >= 15 is 0 Å². The Morgan fingerprint density at radius 1 is 1.41 bits per heavy atom. The van der Waals surface area contributed by atoms with Gasteiger partial charge in [-0.15, -0.1) is 0 Å². The van der Waals surface area contributed by atoms with Gasteiger partial charge < -0.3 is 10.0 Å². The fourth-order valence-electron chi connectivity index (χ4n) is 1.70. The third-order valence-electron chi connectivity index (χ3n) is 2.76. The van der Waals surface area contributed by atoms with E-state index in [-0.39, 0.29) is 18.1 Å². The highest BCUT2D eigenvalue weighted by molar-refractivity contribution is 7.91. The smallest absolute Gasteiger partial charge is 0.153 e. The summed E-state index contributed by atoms with van der Waals surface area (Å²) >= 11 is 5.84. The molecule has 0 bridgehead atoms. The molecule has 7 heteroatoms. The minimum Gasteiger partial charge on any atom is -0.392 e. The average molecular weight is 277 g/mol. The number of aromatic nitrogens is 1. The van der Waals surface area contributed by atoms with Crippen LogP contribution in [0.15, 0.2) is 12.3 Å². The minimum absolute atomic E-state index is 0.145. The van der Waals surface area contributed by atoms with Crippen molar-refractivity contribution in [1.82, 2.24) is 4.98 Å². The molecule has 0 saturated carbocycles. The van der Waals surface area contributed by atoms with Crippen LogP contribution in [0.4, 0.5) is 5.82 Å². The van der Waals surface area contributed by atoms with Crippen molar-refractivity contribution in [2.24, 2.45) is 0 Å². The van der Waals surface area contributed by atoms with E-state index in [1.54, 1.807) is 6.07 Å². The van der Waals surface area contributed by atoms with Crippen LogP contribution < -0.4 is 4.90 Å². The van der Waals surface area contributed by atoms with E-state index < -0.39 is 9.84 Å². The first-order chi connectivity index (χ1) is 8.02. The average Bonchev–Trinajstić information content (AvgIpc) is 2.30. The van der Waals surface area contributed by atoms with Crippen LogP contribution in [-0.4, -0.2) is 43.1 Å². The van der Waals surface area contributed by atoms with Crippen LogP contribution in [0.25, 0.3) is 0 Å². The van der Waals surface area contributed by atoms with Gasteiger partial charge in [0.25, 0.3) is 0 Å². The summed E-state index contributed by atoms with van der Waals surface area (Å²) in [5.74, 6) is 0.950. The molecule has 2 heterocycles. The minimum atomic E-state index is -2.89. The van der Waals surface area contributed by atoms with Gasteiger partial charge in [-0.25, -0.2) is 13.4 Å². The molecule has 0 radical (unpaired) electrons. The first kappa shape index (κ1) is 12.6. The molecular weight excluding hydrogens is 264 g/mol. The molecule has 1 aromatic rings. The van der Waals surface area contributed by atoms with E-state index in [0.29, 0.717) is 29.5 Å². The van der Waals surface area contributed by atoms with Crippen LogP contribution in [0.1, 0.15) is 5.56 Å². The molecule has 1 saturated heterocycles. The maximum absolute atomic E-state index is 11.3. The lowest BCUT2D eigenvalue weighted by molar-refractivity contribution is 0.282. The molecule has 1 aliphatic rings. The van der Waals surface area contributed by atoms with Crippen molar-refractivity contribution in [2.75, 3.05) is 29.5 Å². The molecular formula is C10H13ClN2O3S. The monoisotopic (exact) mass is 276 g/mol. The van der Waals surface area contributed by atoms with Crippen molar-refractivity contribution >= 4 is 27.3 Å². The maximum Gasteiger partial charge on any atom is 0.153 e. The maximum atomic E-state index is 11.3. The first-order valence-corrected chi connectivity index (χ1v) is 7.42. The Morgan fingerprint density at radius 2 is 2.06 bits per heavy atom. The normalized spacial score (nSPS) is 19.3. The Morgan fingerprint density at radius 3 is 2.65 bits per heavy atom. The number of aliphatic hydroxyl groups excluding tert-OH is 1. The molecule has 0 spiro atoms. The van der Waals surface area contributed by atoms with Gasteiger partial charge in [-0.3, -0.25) is 0 Å². The molecule has 0 aromatic carbocycles. The van der Waals surface area contributed by atoms with Crippen LogP contribution in [0.2, 0.25) is 5.02 Å². The molecule has 1 aliphatic heterocycles. The van der Waals surface area contributed by atoms with Crippen LogP contribution in [0, 0.1) is 0 Å². The van der Waals surface area contributed by atoms with Crippen LogP contribution in [-0.2, 0) is 16.4 Å². The second-order valence-corrected chi connectivity index (χ2v) is 6.64. The number of sulfone groups is 1. The van der Waals surface area contributed by atoms with Crippen LogP contribution in [0.5, 0.6) is 0 Å². The molecule has 94 valence electrons. The van der Waals surface area contributed by atoms with E-state index in [2.05, 4.69) is 4.98 Å². The predicted octanol–water partition coefficient (Wildman–Crippen LogP) is 0.462. The summed E-state index contributed by atoms with van der Waals surface area (Å²) in [6.07, 6.45) is 1.48. The molecule has 0 unspecified atom stereocenters. The summed E-state index contributed by atoms with van der Waals surface area (Å²) in [7, 11) is -2.89. The lowest BCUT2D eigenvalue weighted by Gasteiger charge is -2.28. The SMILES string of the molecule is O=S1(=O)CCN(c2cc(CO)c(Cl)cn2)CC1. The molecule has 0 aliphatic carbocycles. The highest BCUT2D eigenvalue weighted by Crippen LogP contribution is 2.21. The number of hydrogen-bond donors (Lipinski definition) is 1. The Hall–Kier alpha value is -0.850. The molecule has 1 fully saturated rings. The topological polar surface area (TPSA) is 70.5 Å². The largest absolute Gasteiger partial charge is 0.392 e. The summed E-state index contributed by atoms with van der Waals surface area (Å²) in [4.78, 5) is 6.03. The molecule has 1 aromatic heterocycles. The number of nitrogens with zero attached hydrogens (tertiary/aromatic N) is 2. The van der Waals surface area contributed by atoms with E-state index in [4.69, 9.17) is 16.7 Å². The van der Waals surface area contributed by atoms with Gasteiger partial charge in [0.05, 0.1) is 23.1 Å². The van der Waals surface area contributed by atoms with Crippen molar-refractivity contribution in [3.63, 3.8) is 0 Å². The van der Waals surface area contributed by atoms with Crippen molar-refractivity contribution in [2.45, 2.75) is 6.61 Å². The fourth-order valence-corrected chi connectivity index (χ4v) is 3.07. The second kappa shape index (κ2) is 4.80. The van der Waals surface area contributed by atoms with Gasteiger partial charge in [0.1, 0.15) is 5.82 Å². The zero-order chi connectivity index (χ0) is 12.5. The summed E-state index contributed by atoms with van der Waals surface area (Å²) in [5.41, 5.74) is 0.602. The van der Waals surface area contributed by atoms with Gasteiger partial charge in [-0.1, -0.05) is 11.6 Å². The van der Waals surface area contributed by atoms with Crippen molar-refractivity contribution < 1.29 is 13.5 Å². The molecule has 1 N–H and O–H groups in total. The lowest BCUT2D eigenvalue weighted by atomic mass is 10.2. The molecule has 17 heavy (non-hydrogen) atoms. The van der Waals surface area contributed by atoms with E-state index in [9.17, 15) is 8.42 Å². The number of rotatable bonds is 2. The van der Waals surface area contributed by atoms with Crippen molar-refractivity contribution in [3.8, 4) is 0 Å². The summed E-state index contributed by atoms with van der Waals surface area (Å²) < 4.78 is 22.6. The zero-order valence-electron chi connectivity index (χ0n) is 9.13. The number of pyridine rings is 1. The van der Waals surface area contributed by atoms with Gasteiger partial charge in [0.15, 0.2) is 9.84 Å². The summed E-state index contributed by atoms with van der Waals surface area (Å²) in [6, 6.07) is 1.69.